The van der Waals surface area contributed by atoms with Crippen LogP contribution in [0.3, 0.4) is 0 Å². The summed E-state index contributed by atoms with van der Waals surface area (Å²) in [6.45, 7) is 3.93. The van der Waals surface area contributed by atoms with Gasteiger partial charge in [-0.1, -0.05) is 13.8 Å². The van der Waals surface area contributed by atoms with E-state index in [1.54, 1.807) is 0 Å². The summed E-state index contributed by atoms with van der Waals surface area (Å²) in [5, 5.41) is 0. The van der Waals surface area contributed by atoms with Crippen molar-refractivity contribution in [1.29, 1.82) is 0 Å². The molecule has 120 valence electrons. The summed E-state index contributed by atoms with van der Waals surface area (Å²) < 4.78 is 63.6. The molecule has 5 nitrogen and oxygen atoms in total. The third-order valence-electron chi connectivity index (χ3n) is 2.70. The second kappa shape index (κ2) is 6.71. The Bertz CT molecular complexity index is 556. The first-order chi connectivity index (χ1) is 9.56. The van der Waals surface area contributed by atoms with Crippen LogP contribution in [0.25, 0.3) is 0 Å². The van der Waals surface area contributed by atoms with E-state index < -0.39 is 27.9 Å². The van der Waals surface area contributed by atoms with Gasteiger partial charge in [-0.2, -0.15) is 13.2 Å². The van der Waals surface area contributed by atoms with E-state index in [0.29, 0.717) is 18.7 Å². The highest BCUT2D eigenvalue weighted by molar-refractivity contribution is 7.89. The van der Waals surface area contributed by atoms with Gasteiger partial charge in [0.2, 0.25) is 10.0 Å². The lowest BCUT2D eigenvalue weighted by Crippen LogP contribution is -2.41. The molecular formula is C12H18F3N3O2S. The number of nitrogens with zero attached hydrogens (tertiary/aromatic N) is 1. The maximum Gasteiger partial charge on any atom is 0.433 e. The summed E-state index contributed by atoms with van der Waals surface area (Å²) in [6, 6.07) is 1.03. The normalized spacial score (nSPS) is 14.4. The molecule has 21 heavy (non-hydrogen) atoms. The predicted octanol–water partition coefficient (Wildman–Crippen LogP) is 1.75. The average Bonchev–Trinajstić information content (AvgIpc) is 2.36. The number of halogens is 3. The maximum absolute atomic E-state index is 12.4. The summed E-state index contributed by atoms with van der Waals surface area (Å²) in [5.41, 5.74) is 4.36. The number of nitrogens with two attached hydrogens (primary N) is 1. The minimum absolute atomic E-state index is 0.103. The Labute approximate surface area is 121 Å². The fraction of sp³-hybridized carbons (Fsp3) is 0.583. The zero-order valence-corrected chi connectivity index (χ0v) is 12.5. The largest absolute Gasteiger partial charge is 0.433 e. The van der Waals surface area contributed by atoms with Crippen LogP contribution in [0.5, 0.6) is 0 Å². The van der Waals surface area contributed by atoms with Gasteiger partial charge < -0.3 is 5.73 Å². The van der Waals surface area contributed by atoms with Crippen molar-refractivity contribution in [2.24, 2.45) is 11.7 Å². The lowest BCUT2D eigenvalue weighted by Gasteiger charge is -2.18. The van der Waals surface area contributed by atoms with Gasteiger partial charge in [0.25, 0.3) is 0 Å². The van der Waals surface area contributed by atoms with Gasteiger partial charge in [-0.15, -0.1) is 0 Å². The molecule has 1 atom stereocenters. The zero-order chi connectivity index (χ0) is 16.3. The van der Waals surface area contributed by atoms with Crippen molar-refractivity contribution in [2.75, 3.05) is 6.54 Å². The Balaban J connectivity index is 2.92. The Morgan fingerprint density at radius 2 is 1.95 bits per heavy atom. The summed E-state index contributed by atoms with van der Waals surface area (Å²) in [6.07, 6.45) is -3.38. The number of hydrogen-bond acceptors (Lipinski definition) is 4. The Hall–Kier alpha value is -1.19. The lowest BCUT2D eigenvalue weighted by molar-refractivity contribution is -0.141. The SMILES string of the molecule is CC(C)CC(CN)NS(=O)(=O)c1ccc(C(F)(F)F)nc1. The Kier molecular flexibility index (Phi) is 5.71. The molecule has 0 saturated carbocycles. The fourth-order valence-corrected chi connectivity index (χ4v) is 2.96. The molecule has 0 aliphatic carbocycles. The van der Waals surface area contributed by atoms with Crippen LogP contribution in [0.4, 0.5) is 13.2 Å². The number of sulfonamides is 1. The van der Waals surface area contributed by atoms with E-state index in [9.17, 15) is 21.6 Å². The first-order valence-electron chi connectivity index (χ1n) is 6.32. The third kappa shape index (κ3) is 5.25. The number of rotatable bonds is 6. The van der Waals surface area contributed by atoms with Crippen LogP contribution in [0.1, 0.15) is 26.0 Å². The lowest BCUT2D eigenvalue weighted by atomic mass is 10.1. The second-order valence-electron chi connectivity index (χ2n) is 5.06. The van der Waals surface area contributed by atoms with Crippen LogP contribution < -0.4 is 10.5 Å². The van der Waals surface area contributed by atoms with E-state index in [0.717, 1.165) is 6.07 Å². The summed E-state index contributed by atoms with van der Waals surface area (Å²) >= 11 is 0. The third-order valence-corrected chi connectivity index (χ3v) is 4.21. The number of alkyl halides is 3. The molecule has 1 aromatic rings. The predicted molar refractivity (Wildman–Crippen MR) is 71.9 cm³/mol. The average molecular weight is 325 g/mol. The standard InChI is InChI=1S/C12H18F3N3O2S/c1-8(2)5-9(6-16)18-21(19,20)10-3-4-11(17-7-10)12(13,14)15/h3-4,7-9,18H,5-6,16H2,1-2H3. The van der Waals surface area contributed by atoms with Gasteiger partial charge in [0.05, 0.1) is 0 Å². The van der Waals surface area contributed by atoms with Gasteiger partial charge in [0, 0.05) is 18.8 Å². The van der Waals surface area contributed by atoms with E-state index in [1.165, 1.54) is 0 Å². The monoisotopic (exact) mass is 325 g/mol. The van der Waals surface area contributed by atoms with Gasteiger partial charge >= 0.3 is 6.18 Å². The van der Waals surface area contributed by atoms with Crippen LogP contribution in [0, 0.1) is 5.92 Å². The van der Waals surface area contributed by atoms with E-state index in [-0.39, 0.29) is 17.4 Å². The molecule has 0 aliphatic heterocycles. The van der Waals surface area contributed by atoms with Crippen molar-refractivity contribution < 1.29 is 21.6 Å². The molecule has 0 spiro atoms. The summed E-state index contributed by atoms with van der Waals surface area (Å²) in [4.78, 5) is 2.81. The molecule has 9 heteroatoms. The fourth-order valence-electron chi connectivity index (χ4n) is 1.76. The second-order valence-corrected chi connectivity index (χ2v) is 6.77. The number of nitrogens with one attached hydrogen (secondary N) is 1. The van der Waals surface area contributed by atoms with Gasteiger partial charge in [-0.05, 0) is 24.5 Å². The topological polar surface area (TPSA) is 85.1 Å². The highest BCUT2D eigenvalue weighted by Crippen LogP contribution is 2.27. The molecule has 0 radical (unpaired) electrons. The molecule has 0 saturated heterocycles. The van der Waals surface area contributed by atoms with Crippen molar-refractivity contribution in [2.45, 2.75) is 37.4 Å². The molecule has 0 bridgehead atoms. The summed E-state index contributed by atoms with van der Waals surface area (Å²) in [7, 11) is -3.94. The Morgan fingerprint density at radius 3 is 2.33 bits per heavy atom. The zero-order valence-electron chi connectivity index (χ0n) is 11.7. The molecule has 0 amide bonds. The van der Waals surface area contributed by atoms with E-state index in [1.807, 2.05) is 13.8 Å². The van der Waals surface area contributed by atoms with E-state index >= 15 is 0 Å². The van der Waals surface area contributed by atoms with Gasteiger partial charge in [0.1, 0.15) is 10.6 Å². The van der Waals surface area contributed by atoms with Crippen molar-refractivity contribution in [3.8, 4) is 0 Å². The highest BCUT2D eigenvalue weighted by Gasteiger charge is 2.32. The summed E-state index contributed by atoms with van der Waals surface area (Å²) in [5.74, 6) is 0.229. The Morgan fingerprint density at radius 1 is 1.33 bits per heavy atom. The van der Waals surface area contributed by atoms with Gasteiger partial charge in [0.15, 0.2) is 0 Å². The molecule has 0 aromatic carbocycles. The molecule has 1 rings (SSSR count). The minimum atomic E-state index is -4.60. The van der Waals surface area contributed by atoms with Crippen LogP contribution in [0.15, 0.2) is 23.2 Å². The smallest absolute Gasteiger partial charge is 0.329 e. The van der Waals surface area contributed by atoms with Crippen molar-refractivity contribution >= 4 is 10.0 Å². The van der Waals surface area contributed by atoms with Crippen molar-refractivity contribution in [3.63, 3.8) is 0 Å². The van der Waals surface area contributed by atoms with Crippen LogP contribution in [0.2, 0.25) is 0 Å². The first-order valence-corrected chi connectivity index (χ1v) is 7.80. The maximum atomic E-state index is 12.4. The van der Waals surface area contributed by atoms with Gasteiger partial charge in [-0.25, -0.2) is 13.1 Å². The molecule has 1 aromatic heterocycles. The van der Waals surface area contributed by atoms with Crippen LogP contribution >= 0.6 is 0 Å². The number of hydrogen-bond donors (Lipinski definition) is 2. The molecule has 3 N–H and O–H groups in total. The molecule has 0 fully saturated rings. The van der Waals surface area contributed by atoms with Crippen LogP contribution in [-0.2, 0) is 16.2 Å². The number of pyridine rings is 1. The molecule has 1 unspecified atom stereocenters. The van der Waals surface area contributed by atoms with Crippen LogP contribution in [-0.4, -0.2) is 26.0 Å². The minimum Gasteiger partial charge on any atom is -0.329 e. The van der Waals surface area contributed by atoms with Crippen molar-refractivity contribution in [1.82, 2.24) is 9.71 Å². The van der Waals surface area contributed by atoms with Gasteiger partial charge in [-0.3, -0.25) is 4.98 Å². The molecule has 0 aliphatic rings. The highest BCUT2D eigenvalue weighted by atomic mass is 32.2. The first kappa shape index (κ1) is 17.9. The van der Waals surface area contributed by atoms with Crippen molar-refractivity contribution in [3.05, 3.63) is 24.0 Å². The molecular weight excluding hydrogens is 307 g/mol. The number of aromatic nitrogens is 1. The van der Waals surface area contributed by atoms with E-state index in [4.69, 9.17) is 5.73 Å². The molecule has 1 heterocycles. The van der Waals surface area contributed by atoms with E-state index in [2.05, 4.69) is 9.71 Å². The quantitative estimate of drug-likeness (QED) is 0.834.